The molecule has 2 aromatic heterocycles. The third-order valence-corrected chi connectivity index (χ3v) is 8.35. The van der Waals surface area contributed by atoms with Gasteiger partial charge in [0.25, 0.3) is 0 Å². The molecule has 2 aliphatic rings. The molecule has 10 heteroatoms. The summed E-state index contributed by atoms with van der Waals surface area (Å²) in [4.78, 5) is 26.9. The van der Waals surface area contributed by atoms with Crippen LogP contribution in [0.1, 0.15) is 86.9 Å². The van der Waals surface area contributed by atoms with Gasteiger partial charge in [-0.15, -0.1) is 21.5 Å². The number of carbonyl (C=O) groups is 2. The second kappa shape index (κ2) is 9.03. The predicted octanol–water partition coefficient (Wildman–Crippen LogP) is 4.30. The smallest absolute Gasteiger partial charge is 0.341 e. The molecule has 1 saturated carbocycles. The molecule has 2 aromatic rings. The first-order chi connectivity index (χ1) is 15.6. The summed E-state index contributed by atoms with van der Waals surface area (Å²) in [6.07, 6.45) is 3.00. The Kier molecular flexibility index (Phi) is 6.63. The first-order valence-corrected chi connectivity index (χ1v) is 13.3. The third kappa shape index (κ3) is 4.97. The lowest BCUT2D eigenvalue weighted by Crippen LogP contribution is -2.55. The number of hydrogen-bond donors (Lipinski definition) is 2. The number of esters is 1. The number of thioether (sulfide) groups is 1. The van der Waals surface area contributed by atoms with Crippen LogP contribution >= 0.6 is 23.1 Å². The van der Waals surface area contributed by atoms with Crippen molar-refractivity contribution in [2.24, 2.45) is 0 Å². The van der Waals surface area contributed by atoms with Crippen molar-refractivity contribution in [3.05, 3.63) is 21.8 Å². The quantitative estimate of drug-likeness (QED) is 0.419. The van der Waals surface area contributed by atoms with E-state index >= 15 is 0 Å². The van der Waals surface area contributed by atoms with Gasteiger partial charge in [0.15, 0.2) is 5.16 Å². The number of rotatable bonds is 8. The van der Waals surface area contributed by atoms with E-state index in [9.17, 15) is 9.59 Å². The van der Waals surface area contributed by atoms with Gasteiger partial charge in [0, 0.05) is 28.4 Å². The Morgan fingerprint density at radius 3 is 2.61 bits per heavy atom. The van der Waals surface area contributed by atoms with Crippen LogP contribution in [0.25, 0.3) is 0 Å². The van der Waals surface area contributed by atoms with Gasteiger partial charge in [0.1, 0.15) is 10.8 Å². The molecule has 180 valence electrons. The van der Waals surface area contributed by atoms with Crippen molar-refractivity contribution in [1.82, 2.24) is 20.1 Å². The van der Waals surface area contributed by atoms with E-state index in [2.05, 4.69) is 60.0 Å². The molecule has 8 nitrogen and oxygen atoms in total. The standard InChI is InChI=1S/C23H33N5O3S2/c1-7-28-18(13-9-10-13)25-26-21(28)32-12-15(29)24-19-16(20(30)31-8-2)14-11-22(3,4)27-23(5,6)17(14)33-19/h13,27H,7-12H2,1-6H3,(H,24,29). The molecule has 1 aliphatic heterocycles. The van der Waals surface area contributed by atoms with Crippen molar-refractivity contribution in [3.63, 3.8) is 0 Å². The van der Waals surface area contributed by atoms with E-state index in [0.717, 1.165) is 40.8 Å². The molecule has 0 atom stereocenters. The van der Waals surface area contributed by atoms with Crippen LogP contribution in [0.15, 0.2) is 5.16 Å². The van der Waals surface area contributed by atoms with Crippen LogP contribution in [0.2, 0.25) is 0 Å². The van der Waals surface area contributed by atoms with Gasteiger partial charge in [0.2, 0.25) is 5.91 Å². The van der Waals surface area contributed by atoms with Crippen LogP contribution in [-0.2, 0) is 28.0 Å². The van der Waals surface area contributed by atoms with Crippen molar-refractivity contribution in [2.75, 3.05) is 17.7 Å². The average molecular weight is 492 g/mol. The van der Waals surface area contributed by atoms with Gasteiger partial charge < -0.3 is 19.9 Å². The average Bonchev–Trinajstić information content (AvgIpc) is 3.37. The summed E-state index contributed by atoms with van der Waals surface area (Å²) in [6, 6.07) is 0. The Morgan fingerprint density at radius 1 is 1.24 bits per heavy atom. The summed E-state index contributed by atoms with van der Waals surface area (Å²) in [6.45, 7) is 13.4. The molecule has 0 radical (unpaired) electrons. The van der Waals surface area contributed by atoms with Crippen molar-refractivity contribution >= 4 is 40.0 Å². The molecular weight excluding hydrogens is 458 g/mol. The number of nitrogens with one attached hydrogen (secondary N) is 2. The number of ether oxygens (including phenoxy) is 1. The largest absolute Gasteiger partial charge is 0.462 e. The highest BCUT2D eigenvalue weighted by Crippen LogP contribution is 2.45. The number of aromatic nitrogens is 3. The van der Waals surface area contributed by atoms with Crippen LogP contribution in [-0.4, -0.2) is 44.5 Å². The molecular formula is C23H33N5O3S2. The van der Waals surface area contributed by atoms with Crippen LogP contribution in [0.4, 0.5) is 5.00 Å². The highest BCUT2D eigenvalue weighted by molar-refractivity contribution is 7.99. The van der Waals surface area contributed by atoms with Crippen molar-refractivity contribution in [2.45, 2.75) is 89.5 Å². The summed E-state index contributed by atoms with van der Waals surface area (Å²) in [5, 5.41) is 16.6. The van der Waals surface area contributed by atoms with E-state index in [-0.39, 0.29) is 35.3 Å². The Labute approximate surface area is 203 Å². The number of amides is 1. The Morgan fingerprint density at radius 2 is 1.97 bits per heavy atom. The fraction of sp³-hybridized carbons (Fsp3) is 0.652. The van der Waals surface area contributed by atoms with Gasteiger partial charge in [-0.2, -0.15) is 0 Å². The molecule has 1 amide bonds. The zero-order valence-electron chi connectivity index (χ0n) is 20.2. The summed E-state index contributed by atoms with van der Waals surface area (Å²) in [5.74, 6) is 1.17. The highest BCUT2D eigenvalue weighted by atomic mass is 32.2. The zero-order chi connectivity index (χ0) is 24.0. The maximum atomic E-state index is 12.9. The second-order valence-corrected chi connectivity index (χ2v) is 11.8. The zero-order valence-corrected chi connectivity index (χ0v) is 21.8. The second-order valence-electron chi connectivity index (χ2n) is 9.84. The van der Waals surface area contributed by atoms with Gasteiger partial charge in [-0.05, 0) is 66.4 Å². The minimum Gasteiger partial charge on any atom is -0.462 e. The van der Waals surface area contributed by atoms with Crippen LogP contribution in [0, 0.1) is 0 Å². The monoisotopic (exact) mass is 491 g/mol. The molecule has 33 heavy (non-hydrogen) atoms. The number of nitrogens with zero attached hydrogens (tertiary/aromatic N) is 3. The molecule has 0 aromatic carbocycles. The fourth-order valence-electron chi connectivity index (χ4n) is 4.68. The summed E-state index contributed by atoms with van der Waals surface area (Å²) in [5.41, 5.74) is 0.956. The lowest BCUT2D eigenvalue weighted by atomic mass is 9.81. The van der Waals surface area contributed by atoms with E-state index in [1.165, 1.54) is 23.1 Å². The first kappa shape index (κ1) is 24.2. The van der Waals surface area contributed by atoms with E-state index < -0.39 is 0 Å². The maximum absolute atomic E-state index is 12.9. The maximum Gasteiger partial charge on any atom is 0.341 e. The number of carbonyl (C=O) groups excluding carboxylic acids is 2. The molecule has 0 saturated heterocycles. The lowest BCUT2D eigenvalue weighted by Gasteiger charge is -2.42. The van der Waals surface area contributed by atoms with E-state index in [1.54, 1.807) is 6.92 Å². The van der Waals surface area contributed by atoms with Gasteiger partial charge >= 0.3 is 5.97 Å². The van der Waals surface area contributed by atoms with Gasteiger partial charge in [0.05, 0.1) is 17.9 Å². The Balaban J connectivity index is 1.56. The molecule has 0 unspecified atom stereocenters. The Hall–Kier alpha value is -1.91. The van der Waals surface area contributed by atoms with Gasteiger partial charge in [-0.3, -0.25) is 4.79 Å². The molecule has 1 fully saturated rings. The summed E-state index contributed by atoms with van der Waals surface area (Å²) in [7, 11) is 0. The van der Waals surface area contributed by atoms with E-state index in [4.69, 9.17) is 4.74 Å². The van der Waals surface area contributed by atoms with Crippen molar-refractivity contribution in [1.29, 1.82) is 0 Å². The van der Waals surface area contributed by atoms with Crippen LogP contribution in [0.3, 0.4) is 0 Å². The fourth-order valence-corrected chi connectivity index (χ4v) is 6.77. The topological polar surface area (TPSA) is 98.1 Å². The third-order valence-electron chi connectivity index (χ3n) is 5.91. The number of anilines is 1. The summed E-state index contributed by atoms with van der Waals surface area (Å²) < 4.78 is 7.47. The molecule has 0 spiro atoms. The predicted molar refractivity (Wildman–Crippen MR) is 131 cm³/mol. The van der Waals surface area contributed by atoms with Crippen molar-refractivity contribution in [3.8, 4) is 0 Å². The van der Waals surface area contributed by atoms with E-state index in [1.807, 2.05) is 0 Å². The number of thiophene rings is 1. The van der Waals surface area contributed by atoms with Gasteiger partial charge in [-0.25, -0.2) is 4.79 Å². The van der Waals surface area contributed by atoms with Crippen LogP contribution in [0.5, 0.6) is 0 Å². The minimum atomic E-state index is -0.383. The van der Waals surface area contributed by atoms with Crippen LogP contribution < -0.4 is 10.6 Å². The minimum absolute atomic E-state index is 0.173. The first-order valence-electron chi connectivity index (χ1n) is 11.5. The molecule has 0 bridgehead atoms. The number of fused-ring (bicyclic) bond motifs is 1. The number of hydrogen-bond acceptors (Lipinski definition) is 8. The molecule has 4 rings (SSSR count). The summed E-state index contributed by atoms with van der Waals surface area (Å²) >= 11 is 2.84. The van der Waals surface area contributed by atoms with E-state index in [0.29, 0.717) is 22.9 Å². The Bertz CT molecular complexity index is 1070. The molecule has 2 N–H and O–H groups in total. The lowest BCUT2D eigenvalue weighted by molar-refractivity contribution is -0.113. The van der Waals surface area contributed by atoms with Crippen molar-refractivity contribution < 1.29 is 14.3 Å². The molecule has 1 aliphatic carbocycles. The highest BCUT2D eigenvalue weighted by Gasteiger charge is 2.42. The normalized spacial score (nSPS) is 18.6. The SMILES string of the molecule is CCOC(=O)c1c(NC(=O)CSc2nnc(C3CC3)n2CC)sc2c1CC(C)(C)NC2(C)C. The molecule has 3 heterocycles. The van der Waals surface area contributed by atoms with Gasteiger partial charge in [-0.1, -0.05) is 11.8 Å².